The van der Waals surface area contributed by atoms with Crippen LogP contribution in [-0.2, 0) is 0 Å². The lowest BCUT2D eigenvalue weighted by molar-refractivity contribution is 0.221. The van der Waals surface area contributed by atoms with E-state index in [0.29, 0.717) is 5.92 Å². The summed E-state index contributed by atoms with van der Waals surface area (Å²) < 4.78 is 7.92. The number of aryl methyl sites for hydroxylation is 2. The monoisotopic (exact) mass is 337 g/mol. The number of piperidine rings is 1. The third kappa shape index (κ3) is 3.29. The minimum Gasteiger partial charge on any atom is -0.493 e. The van der Waals surface area contributed by atoms with Gasteiger partial charge in [-0.25, -0.2) is 9.50 Å². The lowest BCUT2D eigenvalue weighted by atomic mass is 9.98. The van der Waals surface area contributed by atoms with Gasteiger partial charge in [0.2, 0.25) is 0 Å². The largest absolute Gasteiger partial charge is 0.493 e. The maximum atomic E-state index is 6.00. The Bertz CT molecular complexity index is 867. The van der Waals surface area contributed by atoms with Gasteiger partial charge in [0.05, 0.1) is 12.3 Å². The van der Waals surface area contributed by atoms with Crippen LogP contribution in [0.15, 0.2) is 36.9 Å². The van der Waals surface area contributed by atoms with Crippen molar-refractivity contribution in [1.82, 2.24) is 19.6 Å². The molecule has 0 atom stereocenters. The molecule has 0 bridgehead atoms. The molecule has 6 nitrogen and oxygen atoms in total. The van der Waals surface area contributed by atoms with E-state index >= 15 is 0 Å². The second kappa shape index (κ2) is 6.70. The first kappa shape index (κ1) is 15.9. The van der Waals surface area contributed by atoms with Crippen LogP contribution in [-0.4, -0.2) is 39.3 Å². The van der Waals surface area contributed by atoms with Crippen molar-refractivity contribution in [3.05, 3.63) is 48.2 Å². The Kier molecular flexibility index (Phi) is 4.26. The van der Waals surface area contributed by atoms with Crippen molar-refractivity contribution in [2.75, 3.05) is 24.6 Å². The Morgan fingerprint density at radius 2 is 2.04 bits per heavy atom. The lowest BCUT2D eigenvalue weighted by Gasteiger charge is -2.33. The van der Waals surface area contributed by atoms with Gasteiger partial charge < -0.3 is 9.64 Å². The Labute approximate surface area is 147 Å². The van der Waals surface area contributed by atoms with Crippen molar-refractivity contribution in [2.45, 2.75) is 26.7 Å². The van der Waals surface area contributed by atoms with E-state index in [1.807, 2.05) is 43.0 Å². The highest BCUT2D eigenvalue weighted by Crippen LogP contribution is 2.26. The van der Waals surface area contributed by atoms with Gasteiger partial charge in [0, 0.05) is 43.4 Å². The van der Waals surface area contributed by atoms with Crippen molar-refractivity contribution in [1.29, 1.82) is 0 Å². The summed E-state index contributed by atoms with van der Waals surface area (Å²) in [4.78, 5) is 11.1. The van der Waals surface area contributed by atoms with Gasteiger partial charge in [-0.2, -0.15) is 5.10 Å². The van der Waals surface area contributed by atoms with Gasteiger partial charge in [-0.15, -0.1) is 0 Å². The van der Waals surface area contributed by atoms with Crippen LogP contribution in [0.4, 0.5) is 5.82 Å². The topological polar surface area (TPSA) is 55.5 Å². The molecular weight excluding hydrogens is 314 g/mol. The highest BCUT2D eigenvalue weighted by Gasteiger charge is 2.22. The molecule has 130 valence electrons. The van der Waals surface area contributed by atoms with Gasteiger partial charge in [0.25, 0.3) is 0 Å². The number of ether oxygens (including phenoxy) is 1. The molecule has 0 amide bonds. The van der Waals surface area contributed by atoms with Crippen molar-refractivity contribution in [3.63, 3.8) is 0 Å². The number of anilines is 1. The van der Waals surface area contributed by atoms with Crippen LogP contribution >= 0.6 is 0 Å². The second-order valence-electron chi connectivity index (χ2n) is 6.75. The highest BCUT2D eigenvalue weighted by atomic mass is 16.5. The zero-order valence-corrected chi connectivity index (χ0v) is 14.7. The van der Waals surface area contributed by atoms with Crippen LogP contribution in [0.1, 0.15) is 24.1 Å². The predicted molar refractivity (Wildman–Crippen MR) is 97.1 cm³/mol. The smallest absolute Gasteiger partial charge is 0.154 e. The van der Waals surface area contributed by atoms with Crippen molar-refractivity contribution < 1.29 is 4.74 Å². The predicted octanol–water partition coefficient (Wildman–Crippen LogP) is 3.04. The third-order valence-electron chi connectivity index (χ3n) is 4.85. The van der Waals surface area contributed by atoms with Crippen LogP contribution in [0.5, 0.6) is 5.75 Å². The number of fused-ring (bicyclic) bond motifs is 1. The van der Waals surface area contributed by atoms with Crippen LogP contribution < -0.4 is 9.64 Å². The van der Waals surface area contributed by atoms with Crippen LogP contribution in [0, 0.1) is 19.8 Å². The number of aromatic nitrogens is 4. The molecule has 1 fully saturated rings. The third-order valence-corrected chi connectivity index (χ3v) is 4.85. The van der Waals surface area contributed by atoms with E-state index < -0.39 is 0 Å². The number of nitrogens with zero attached hydrogens (tertiary/aromatic N) is 5. The molecule has 0 spiro atoms. The van der Waals surface area contributed by atoms with E-state index in [9.17, 15) is 0 Å². The first-order valence-electron chi connectivity index (χ1n) is 8.80. The number of rotatable bonds is 4. The first-order valence-corrected chi connectivity index (χ1v) is 8.80. The SMILES string of the molecule is Cc1cc2c(N3CCC(COc4ccncc4C)CC3)nccn2n1. The fourth-order valence-electron chi connectivity index (χ4n) is 3.42. The Balaban J connectivity index is 1.39. The van der Waals surface area contributed by atoms with Crippen molar-refractivity contribution in [3.8, 4) is 5.75 Å². The van der Waals surface area contributed by atoms with Gasteiger partial charge in [-0.1, -0.05) is 0 Å². The summed E-state index contributed by atoms with van der Waals surface area (Å²) in [5, 5.41) is 4.48. The van der Waals surface area contributed by atoms with E-state index in [-0.39, 0.29) is 0 Å². The Morgan fingerprint density at radius 3 is 2.84 bits per heavy atom. The summed E-state index contributed by atoms with van der Waals surface area (Å²) >= 11 is 0. The van der Waals surface area contributed by atoms with E-state index in [1.54, 1.807) is 6.20 Å². The molecule has 0 N–H and O–H groups in total. The lowest BCUT2D eigenvalue weighted by Crippen LogP contribution is -2.36. The second-order valence-corrected chi connectivity index (χ2v) is 6.75. The van der Waals surface area contributed by atoms with Gasteiger partial charge in [-0.05, 0) is 44.7 Å². The summed E-state index contributed by atoms with van der Waals surface area (Å²) in [5.41, 5.74) is 3.19. The minimum absolute atomic E-state index is 0.579. The molecule has 3 aromatic heterocycles. The molecule has 0 radical (unpaired) electrons. The van der Waals surface area contributed by atoms with Crippen molar-refractivity contribution in [2.24, 2.45) is 5.92 Å². The van der Waals surface area contributed by atoms with Gasteiger partial charge in [-0.3, -0.25) is 4.98 Å². The zero-order chi connectivity index (χ0) is 17.2. The first-order chi connectivity index (χ1) is 12.2. The molecule has 1 aliphatic rings. The molecule has 1 saturated heterocycles. The summed E-state index contributed by atoms with van der Waals surface area (Å²) in [6, 6.07) is 4.04. The summed E-state index contributed by atoms with van der Waals surface area (Å²) in [5.74, 6) is 2.56. The quantitative estimate of drug-likeness (QED) is 0.732. The van der Waals surface area contributed by atoms with Crippen LogP contribution in [0.25, 0.3) is 5.52 Å². The van der Waals surface area contributed by atoms with E-state index in [1.165, 1.54) is 0 Å². The molecule has 4 rings (SSSR count). The van der Waals surface area contributed by atoms with Gasteiger partial charge in [0.15, 0.2) is 5.82 Å². The van der Waals surface area contributed by atoms with Crippen LogP contribution in [0.2, 0.25) is 0 Å². The average molecular weight is 337 g/mol. The Hall–Kier alpha value is -2.63. The standard InChI is InChI=1S/C19H23N5O/c1-14-12-20-6-3-18(14)25-13-16-4-8-23(9-5-16)19-17-11-15(2)22-24(17)10-7-21-19/h3,6-7,10-12,16H,4-5,8-9,13H2,1-2H3. The summed E-state index contributed by atoms with van der Waals surface area (Å²) in [6.07, 6.45) is 9.59. The molecular formula is C19H23N5O. The number of hydrogen-bond donors (Lipinski definition) is 0. The van der Waals surface area contributed by atoms with Gasteiger partial charge in [0.1, 0.15) is 11.3 Å². The maximum Gasteiger partial charge on any atom is 0.154 e. The van der Waals surface area contributed by atoms with E-state index in [2.05, 4.69) is 26.0 Å². The van der Waals surface area contributed by atoms with Crippen LogP contribution in [0.3, 0.4) is 0 Å². The zero-order valence-electron chi connectivity index (χ0n) is 14.7. The van der Waals surface area contributed by atoms with E-state index in [0.717, 1.165) is 60.9 Å². The molecule has 1 aliphatic heterocycles. The molecule has 25 heavy (non-hydrogen) atoms. The fraction of sp³-hybridized carbons (Fsp3) is 0.421. The molecule has 0 aromatic carbocycles. The number of pyridine rings is 1. The van der Waals surface area contributed by atoms with Gasteiger partial charge >= 0.3 is 0 Å². The summed E-state index contributed by atoms with van der Waals surface area (Å²) in [6.45, 7) is 6.81. The Morgan fingerprint density at radius 1 is 1.20 bits per heavy atom. The molecule has 6 heteroatoms. The molecule has 3 aromatic rings. The van der Waals surface area contributed by atoms with Crippen molar-refractivity contribution >= 4 is 11.3 Å². The van der Waals surface area contributed by atoms with E-state index in [4.69, 9.17) is 4.74 Å². The molecule has 0 aliphatic carbocycles. The summed E-state index contributed by atoms with van der Waals surface area (Å²) in [7, 11) is 0. The maximum absolute atomic E-state index is 6.00. The molecule has 4 heterocycles. The molecule has 0 saturated carbocycles. The number of hydrogen-bond acceptors (Lipinski definition) is 5. The average Bonchev–Trinajstić information content (AvgIpc) is 3.02. The highest BCUT2D eigenvalue weighted by molar-refractivity contribution is 5.69. The fourth-order valence-corrected chi connectivity index (χ4v) is 3.42. The molecule has 0 unspecified atom stereocenters. The minimum atomic E-state index is 0.579. The normalized spacial score (nSPS) is 15.7.